The van der Waals surface area contributed by atoms with Crippen molar-refractivity contribution in [2.45, 2.75) is 25.9 Å². The molecule has 2 heterocycles. The molecule has 2 atom stereocenters. The van der Waals surface area contributed by atoms with Gasteiger partial charge in [-0.3, -0.25) is 4.90 Å². The maximum absolute atomic E-state index is 10.8. The zero-order chi connectivity index (χ0) is 16.9. The third kappa shape index (κ3) is 4.08. The number of hydrogen-bond acceptors (Lipinski definition) is 5. The summed E-state index contributed by atoms with van der Waals surface area (Å²) in [4.78, 5) is 21.3. The van der Waals surface area contributed by atoms with Gasteiger partial charge in [0.05, 0.1) is 12.4 Å². The molecule has 6 nitrogen and oxygen atoms in total. The molecule has 0 aliphatic carbocycles. The van der Waals surface area contributed by atoms with Crippen LogP contribution in [0.2, 0.25) is 0 Å². The molecule has 0 saturated carbocycles. The quantitative estimate of drug-likeness (QED) is 0.849. The Hall–Kier alpha value is -2.47. The van der Waals surface area contributed by atoms with Crippen molar-refractivity contribution in [2.24, 2.45) is 5.92 Å². The van der Waals surface area contributed by atoms with E-state index in [0.717, 1.165) is 26.1 Å². The van der Waals surface area contributed by atoms with Gasteiger partial charge in [-0.2, -0.15) is 0 Å². The predicted molar refractivity (Wildman–Crippen MR) is 91.9 cm³/mol. The van der Waals surface area contributed by atoms with Gasteiger partial charge in [-0.05, 0) is 31.4 Å². The summed E-state index contributed by atoms with van der Waals surface area (Å²) >= 11 is 0. The van der Waals surface area contributed by atoms with E-state index in [1.54, 1.807) is 0 Å². The standard InChI is InChI=1S/C18H22N4O2/c1-13(21-17-10-19-16(9-20-17)18(23)24)15-7-8-22(12-15)11-14-5-3-2-4-6-14/h2-6,9-10,13,15H,7-8,11-12H2,1H3,(H,20,21)(H,23,24). The van der Waals surface area contributed by atoms with Crippen LogP contribution in [0.4, 0.5) is 5.82 Å². The van der Waals surface area contributed by atoms with Crippen LogP contribution in [0.5, 0.6) is 0 Å². The Kier molecular flexibility index (Phi) is 5.05. The van der Waals surface area contributed by atoms with E-state index in [2.05, 4.69) is 51.4 Å². The lowest BCUT2D eigenvalue weighted by Crippen LogP contribution is -2.29. The third-order valence-electron chi connectivity index (χ3n) is 4.51. The second-order valence-electron chi connectivity index (χ2n) is 6.29. The maximum Gasteiger partial charge on any atom is 0.356 e. The minimum absolute atomic E-state index is 0.0388. The van der Waals surface area contributed by atoms with Crippen LogP contribution in [-0.4, -0.2) is 45.1 Å². The van der Waals surface area contributed by atoms with Crippen molar-refractivity contribution >= 4 is 11.8 Å². The molecule has 6 heteroatoms. The molecule has 1 saturated heterocycles. The van der Waals surface area contributed by atoms with Gasteiger partial charge in [0.15, 0.2) is 5.69 Å². The van der Waals surface area contributed by atoms with Crippen LogP contribution in [0, 0.1) is 5.92 Å². The van der Waals surface area contributed by atoms with Crippen molar-refractivity contribution in [3.63, 3.8) is 0 Å². The number of aromatic carboxylic acids is 1. The predicted octanol–water partition coefficient (Wildman–Crippen LogP) is 2.50. The second kappa shape index (κ2) is 7.40. The molecule has 1 fully saturated rings. The number of likely N-dealkylation sites (tertiary alicyclic amines) is 1. The lowest BCUT2D eigenvalue weighted by molar-refractivity contribution is 0.0690. The van der Waals surface area contributed by atoms with Crippen LogP contribution < -0.4 is 5.32 Å². The molecule has 0 spiro atoms. The van der Waals surface area contributed by atoms with Gasteiger partial charge < -0.3 is 10.4 Å². The highest BCUT2D eigenvalue weighted by Crippen LogP contribution is 2.23. The van der Waals surface area contributed by atoms with Crippen molar-refractivity contribution < 1.29 is 9.90 Å². The average molecular weight is 326 g/mol. The minimum Gasteiger partial charge on any atom is -0.476 e. The fourth-order valence-electron chi connectivity index (χ4n) is 3.12. The van der Waals surface area contributed by atoms with Gasteiger partial charge in [0, 0.05) is 19.1 Å². The number of carbonyl (C=O) groups is 1. The van der Waals surface area contributed by atoms with E-state index in [9.17, 15) is 4.79 Å². The second-order valence-corrected chi connectivity index (χ2v) is 6.29. The number of carboxylic acid groups (broad SMARTS) is 1. The van der Waals surface area contributed by atoms with E-state index in [0.29, 0.717) is 11.7 Å². The smallest absolute Gasteiger partial charge is 0.356 e. The molecule has 3 rings (SSSR count). The van der Waals surface area contributed by atoms with E-state index in [-0.39, 0.29) is 11.7 Å². The van der Waals surface area contributed by atoms with Gasteiger partial charge in [0.2, 0.25) is 0 Å². The summed E-state index contributed by atoms with van der Waals surface area (Å²) in [5.41, 5.74) is 1.30. The molecule has 2 aromatic rings. The van der Waals surface area contributed by atoms with Crippen molar-refractivity contribution in [2.75, 3.05) is 18.4 Å². The van der Waals surface area contributed by atoms with Crippen LogP contribution in [0.25, 0.3) is 0 Å². The first-order valence-corrected chi connectivity index (χ1v) is 8.20. The molecule has 1 aliphatic rings. The Morgan fingerprint density at radius 2 is 2.12 bits per heavy atom. The Labute approximate surface area is 141 Å². The van der Waals surface area contributed by atoms with Crippen molar-refractivity contribution in [3.8, 4) is 0 Å². The van der Waals surface area contributed by atoms with E-state index in [4.69, 9.17) is 5.11 Å². The Morgan fingerprint density at radius 1 is 1.33 bits per heavy atom. The highest BCUT2D eigenvalue weighted by atomic mass is 16.4. The molecule has 2 unspecified atom stereocenters. The first-order valence-electron chi connectivity index (χ1n) is 8.20. The number of aromatic nitrogens is 2. The SMILES string of the molecule is CC(Nc1cnc(C(=O)O)cn1)C1CCN(Cc2ccccc2)C1. The van der Waals surface area contributed by atoms with Crippen LogP contribution in [0.1, 0.15) is 29.4 Å². The molecule has 126 valence electrons. The number of benzene rings is 1. The normalized spacial score (nSPS) is 19.1. The number of carboxylic acids is 1. The van der Waals surface area contributed by atoms with Crippen molar-refractivity contribution in [3.05, 3.63) is 54.0 Å². The first kappa shape index (κ1) is 16.4. The third-order valence-corrected chi connectivity index (χ3v) is 4.51. The summed E-state index contributed by atoms with van der Waals surface area (Å²) in [6.07, 6.45) is 3.91. The Morgan fingerprint density at radius 3 is 2.79 bits per heavy atom. The van der Waals surface area contributed by atoms with E-state index in [1.165, 1.54) is 18.0 Å². The van der Waals surface area contributed by atoms with Gasteiger partial charge in [-0.25, -0.2) is 14.8 Å². The molecule has 1 aliphatic heterocycles. The van der Waals surface area contributed by atoms with E-state index >= 15 is 0 Å². The molecule has 0 bridgehead atoms. The van der Waals surface area contributed by atoms with E-state index in [1.807, 2.05) is 6.07 Å². The van der Waals surface area contributed by atoms with Gasteiger partial charge in [-0.1, -0.05) is 30.3 Å². The zero-order valence-electron chi connectivity index (χ0n) is 13.7. The molecule has 0 amide bonds. The summed E-state index contributed by atoms with van der Waals surface area (Å²) < 4.78 is 0. The summed E-state index contributed by atoms with van der Waals surface area (Å²) in [7, 11) is 0. The molecular weight excluding hydrogens is 304 g/mol. The molecule has 1 aromatic carbocycles. The number of anilines is 1. The van der Waals surface area contributed by atoms with Crippen LogP contribution >= 0.6 is 0 Å². The summed E-state index contributed by atoms with van der Waals surface area (Å²) in [6.45, 7) is 5.26. The highest BCUT2D eigenvalue weighted by Gasteiger charge is 2.27. The molecule has 24 heavy (non-hydrogen) atoms. The lowest BCUT2D eigenvalue weighted by Gasteiger charge is -2.22. The number of nitrogens with one attached hydrogen (secondary N) is 1. The maximum atomic E-state index is 10.8. The summed E-state index contributed by atoms with van der Waals surface area (Å²) in [6, 6.07) is 10.8. The monoisotopic (exact) mass is 326 g/mol. The number of hydrogen-bond donors (Lipinski definition) is 2. The minimum atomic E-state index is -1.06. The fourth-order valence-corrected chi connectivity index (χ4v) is 3.12. The average Bonchev–Trinajstić information content (AvgIpc) is 3.05. The summed E-state index contributed by atoms with van der Waals surface area (Å²) in [5.74, 6) is 0.0955. The first-order chi connectivity index (χ1) is 11.6. The van der Waals surface area contributed by atoms with Gasteiger partial charge in [0.25, 0.3) is 0 Å². The Bertz CT molecular complexity index is 675. The summed E-state index contributed by atoms with van der Waals surface area (Å²) in [5, 5.41) is 12.2. The van der Waals surface area contributed by atoms with Crippen LogP contribution in [0.3, 0.4) is 0 Å². The van der Waals surface area contributed by atoms with Gasteiger partial charge >= 0.3 is 5.97 Å². The van der Waals surface area contributed by atoms with Crippen LogP contribution in [-0.2, 0) is 6.54 Å². The molecule has 0 radical (unpaired) electrons. The number of nitrogens with zero attached hydrogens (tertiary/aromatic N) is 3. The van der Waals surface area contributed by atoms with Crippen molar-refractivity contribution in [1.82, 2.24) is 14.9 Å². The van der Waals surface area contributed by atoms with Crippen LogP contribution in [0.15, 0.2) is 42.7 Å². The lowest BCUT2D eigenvalue weighted by atomic mass is 10.0. The topological polar surface area (TPSA) is 78.3 Å². The van der Waals surface area contributed by atoms with Gasteiger partial charge in [-0.15, -0.1) is 0 Å². The molecule has 1 aromatic heterocycles. The number of rotatable bonds is 6. The molecular formula is C18H22N4O2. The highest BCUT2D eigenvalue weighted by molar-refractivity contribution is 5.84. The van der Waals surface area contributed by atoms with E-state index < -0.39 is 5.97 Å². The fraction of sp³-hybridized carbons (Fsp3) is 0.389. The molecule has 2 N–H and O–H groups in total. The van der Waals surface area contributed by atoms with Crippen molar-refractivity contribution in [1.29, 1.82) is 0 Å². The zero-order valence-corrected chi connectivity index (χ0v) is 13.7. The largest absolute Gasteiger partial charge is 0.476 e. The van der Waals surface area contributed by atoms with Gasteiger partial charge in [0.1, 0.15) is 5.82 Å². The Balaban J connectivity index is 1.52.